The molecule has 0 aliphatic heterocycles. The van der Waals surface area contributed by atoms with Gasteiger partial charge >= 0.3 is 0 Å². The van der Waals surface area contributed by atoms with E-state index in [1.54, 1.807) is 0 Å². The minimum Gasteiger partial charge on any atom is -0.372 e. The van der Waals surface area contributed by atoms with Crippen molar-refractivity contribution >= 4 is 37.5 Å². The number of hydrogen-bond acceptors (Lipinski definition) is 1. The van der Waals surface area contributed by atoms with Gasteiger partial charge < -0.3 is 5.32 Å². The van der Waals surface area contributed by atoms with Crippen molar-refractivity contribution in [3.63, 3.8) is 0 Å². The quantitative estimate of drug-likeness (QED) is 0.726. The highest BCUT2D eigenvalue weighted by Crippen LogP contribution is 2.31. The van der Waals surface area contributed by atoms with Crippen LogP contribution in [0, 0.1) is 18.8 Å². The van der Waals surface area contributed by atoms with E-state index in [2.05, 4.69) is 68.1 Å². The number of hydrogen-bond donors (Lipinski definition) is 1. The average Bonchev–Trinajstić information content (AvgIpc) is 2.38. The summed E-state index contributed by atoms with van der Waals surface area (Å²) in [5, 5.41) is 3.31. The molecule has 0 spiro atoms. The highest BCUT2D eigenvalue weighted by atomic mass is 79.9. The molecule has 0 saturated heterocycles. The predicted molar refractivity (Wildman–Crippen MR) is 88.4 cm³/mol. The van der Waals surface area contributed by atoms with E-state index in [4.69, 9.17) is 0 Å². The number of halogens is 2. The molecule has 0 fully saturated rings. The molecule has 19 heavy (non-hydrogen) atoms. The highest BCUT2D eigenvalue weighted by Gasteiger charge is 2.04. The van der Waals surface area contributed by atoms with Crippen LogP contribution in [-0.2, 0) is 0 Å². The molecule has 2 rings (SSSR count). The molecule has 2 aromatic rings. The van der Waals surface area contributed by atoms with Crippen LogP contribution in [0.2, 0.25) is 0 Å². The summed E-state index contributed by atoms with van der Waals surface area (Å²) < 4.78 is 2.08. The molecule has 0 radical (unpaired) electrons. The molecule has 0 aliphatic carbocycles. The van der Waals surface area contributed by atoms with Crippen molar-refractivity contribution in [1.82, 2.24) is 0 Å². The third-order valence-electron chi connectivity index (χ3n) is 2.55. The summed E-state index contributed by atoms with van der Waals surface area (Å²) in [6.45, 7) is 2.67. The van der Waals surface area contributed by atoms with Crippen LogP contribution in [0.3, 0.4) is 0 Å². The van der Waals surface area contributed by atoms with Gasteiger partial charge in [0.1, 0.15) is 0 Å². The Balaban J connectivity index is 2.03. The molecule has 1 nitrogen and oxygen atoms in total. The van der Waals surface area contributed by atoms with Gasteiger partial charge in [-0.2, -0.15) is 0 Å². The van der Waals surface area contributed by atoms with Gasteiger partial charge in [-0.3, -0.25) is 0 Å². The van der Waals surface area contributed by atoms with E-state index in [9.17, 15) is 0 Å². The lowest BCUT2D eigenvalue weighted by Crippen LogP contribution is -2.00. The van der Waals surface area contributed by atoms with Crippen LogP contribution in [0.4, 0.5) is 5.69 Å². The fourth-order valence-electron chi connectivity index (χ4n) is 1.67. The zero-order valence-corrected chi connectivity index (χ0v) is 13.7. The predicted octanol–water partition coefficient (Wildman–Crippen LogP) is 4.98. The lowest BCUT2D eigenvalue weighted by molar-refractivity contribution is 1.33. The molecule has 0 saturated carbocycles. The van der Waals surface area contributed by atoms with Crippen LogP contribution in [0.5, 0.6) is 0 Å². The zero-order valence-electron chi connectivity index (χ0n) is 10.5. The van der Waals surface area contributed by atoms with E-state index in [1.807, 2.05) is 30.3 Å². The second kappa shape index (κ2) is 6.79. The van der Waals surface area contributed by atoms with Crippen molar-refractivity contribution in [3.8, 4) is 11.8 Å². The molecule has 1 N–H and O–H groups in total. The van der Waals surface area contributed by atoms with Crippen molar-refractivity contribution < 1.29 is 0 Å². The van der Waals surface area contributed by atoms with E-state index in [0.29, 0.717) is 6.54 Å². The van der Waals surface area contributed by atoms with Crippen LogP contribution in [0.25, 0.3) is 0 Å². The topological polar surface area (TPSA) is 12.0 Å². The lowest BCUT2D eigenvalue weighted by atomic mass is 10.2. The van der Waals surface area contributed by atoms with Gasteiger partial charge in [0.25, 0.3) is 0 Å². The third kappa shape index (κ3) is 4.12. The van der Waals surface area contributed by atoms with E-state index in [-0.39, 0.29) is 0 Å². The molecule has 3 heteroatoms. The molecule has 0 aromatic heterocycles. The molecule has 2 aromatic carbocycles. The Morgan fingerprint density at radius 3 is 2.32 bits per heavy atom. The number of rotatable bonds is 2. The van der Waals surface area contributed by atoms with Crippen LogP contribution in [-0.4, -0.2) is 6.54 Å². The molecule has 0 bridgehead atoms. The van der Waals surface area contributed by atoms with Crippen molar-refractivity contribution in [3.05, 3.63) is 62.5 Å². The fourth-order valence-corrected chi connectivity index (χ4v) is 3.36. The highest BCUT2D eigenvalue weighted by molar-refractivity contribution is 9.11. The molecule has 96 valence electrons. The summed E-state index contributed by atoms with van der Waals surface area (Å²) in [4.78, 5) is 0. The van der Waals surface area contributed by atoms with Gasteiger partial charge in [-0.05, 0) is 68.6 Å². The first-order valence-electron chi connectivity index (χ1n) is 5.90. The summed E-state index contributed by atoms with van der Waals surface area (Å²) in [6, 6.07) is 14.1. The Bertz CT molecular complexity index is 601. The van der Waals surface area contributed by atoms with Gasteiger partial charge in [-0.15, -0.1) is 0 Å². The van der Waals surface area contributed by atoms with Gasteiger partial charge in [-0.25, -0.2) is 0 Å². The molecule has 0 unspecified atom stereocenters. The maximum atomic E-state index is 3.55. The summed E-state index contributed by atoms with van der Waals surface area (Å²) >= 11 is 7.11. The standard InChI is InChI=1S/C16H13Br2N/c1-12-10-14(17)16(15(18)11-12)19-9-5-8-13-6-3-2-4-7-13/h2-4,6-7,10-11,19H,9H2,1H3. The number of benzene rings is 2. The van der Waals surface area contributed by atoms with Gasteiger partial charge in [0.05, 0.1) is 12.2 Å². The lowest BCUT2D eigenvalue weighted by Gasteiger charge is -2.09. The maximum Gasteiger partial charge on any atom is 0.0770 e. The summed E-state index contributed by atoms with van der Waals surface area (Å²) in [5.41, 5.74) is 3.28. The molecule has 0 amide bonds. The Hall–Kier alpha value is -1.24. The smallest absolute Gasteiger partial charge is 0.0770 e. The zero-order chi connectivity index (χ0) is 13.7. The minimum atomic E-state index is 0.606. The Kier molecular flexibility index (Phi) is 5.07. The first-order chi connectivity index (χ1) is 9.16. The monoisotopic (exact) mass is 377 g/mol. The van der Waals surface area contributed by atoms with Crippen molar-refractivity contribution in [1.29, 1.82) is 0 Å². The van der Waals surface area contributed by atoms with Gasteiger partial charge in [0.2, 0.25) is 0 Å². The van der Waals surface area contributed by atoms with Crippen LogP contribution < -0.4 is 5.32 Å². The molecule has 0 aliphatic rings. The summed E-state index contributed by atoms with van der Waals surface area (Å²) in [5.74, 6) is 6.24. The van der Waals surface area contributed by atoms with Crippen molar-refractivity contribution in [2.24, 2.45) is 0 Å². The van der Waals surface area contributed by atoms with Crippen molar-refractivity contribution in [2.75, 3.05) is 11.9 Å². The van der Waals surface area contributed by atoms with Crippen LogP contribution in [0.1, 0.15) is 11.1 Å². The summed E-state index contributed by atoms with van der Waals surface area (Å²) in [7, 11) is 0. The molecule has 0 heterocycles. The molecular formula is C16H13Br2N. The second-order valence-corrected chi connectivity index (χ2v) is 5.83. The first-order valence-corrected chi connectivity index (χ1v) is 7.49. The second-order valence-electron chi connectivity index (χ2n) is 4.12. The Morgan fingerprint density at radius 1 is 1.05 bits per heavy atom. The van der Waals surface area contributed by atoms with Crippen LogP contribution >= 0.6 is 31.9 Å². The Morgan fingerprint density at radius 2 is 1.68 bits per heavy atom. The van der Waals surface area contributed by atoms with E-state index >= 15 is 0 Å². The number of nitrogens with one attached hydrogen (secondary N) is 1. The summed E-state index contributed by atoms with van der Waals surface area (Å²) in [6.07, 6.45) is 0. The van der Waals surface area contributed by atoms with Gasteiger partial charge in [0.15, 0.2) is 0 Å². The van der Waals surface area contributed by atoms with E-state index in [0.717, 1.165) is 20.2 Å². The Labute approximate surface area is 130 Å². The van der Waals surface area contributed by atoms with Crippen molar-refractivity contribution in [2.45, 2.75) is 6.92 Å². The van der Waals surface area contributed by atoms with Crippen LogP contribution in [0.15, 0.2) is 51.4 Å². The third-order valence-corrected chi connectivity index (χ3v) is 3.80. The van der Waals surface area contributed by atoms with Gasteiger partial charge in [-0.1, -0.05) is 30.0 Å². The van der Waals surface area contributed by atoms with E-state index in [1.165, 1.54) is 5.56 Å². The normalized spacial score (nSPS) is 9.63. The molecule has 0 atom stereocenters. The SMILES string of the molecule is Cc1cc(Br)c(NCC#Cc2ccccc2)c(Br)c1. The fraction of sp³-hybridized carbons (Fsp3) is 0.125. The van der Waals surface area contributed by atoms with Gasteiger partial charge in [0, 0.05) is 14.5 Å². The maximum absolute atomic E-state index is 3.55. The number of anilines is 1. The number of aryl methyl sites for hydroxylation is 1. The largest absolute Gasteiger partial charge is 0.372 e. The molecular weight excluding hydrogens is 366 g/mol. The average molecular weight is 379 g/mol. The van der Waals surface area contributed by atoms with E-state index < -0.39 is 0 Å². The first kappa shape index (κ1) is 14.2. The minimum absolute atomic E-state index is 0.606.